The zero-order valence-corrected chi connectivity index (χ0v) is 18.9. The van der Waals surface area contributed by atoms with Gasteiger partial charge in [-0.25, -0.2) is 17.2 Å². The zero-order chi connectivity index (χ0) is 22.5. The summed E-state index contributed by atoms with van der Waals surface area (Å²) in [5.74, 6) is -2.38. The van der Waals surface area contributed by atoms with Crippen molar-refractivity contribution in [3.8, 4) is 0 Å². The summed E-state index contributed by atoms with van der Waals surface area (Å²) in [4.78, 5) is 14.7. The number of rotatable bonds is 9. The van der Waals surface area contributed by atoms with E-state index >= 15 is 0 Å². The molecule has 0 aliphatic carbocycles. The Kier molecular flexibility index (Phi) is 8.22. The Labute approximate surface area is 180 Å². The number of nitrogens with one attached hydrogen (secondary N) is 1. The fourth-order valence-corrected chi connectivity index (χ4v) is 4.99. The van der Waals surface area contributed by atoms with Crippen LogP contribution >= 0.6 is 11.8 Å². The van der Waals surface area contributed by atoms with Gasteiger partial charge in [0.2, 0.25) is 15.9 Å². The van der Waals surface area contributed by atoms with Gasteiger partial charge in [-0.3, -0.25) is 4.79 Å². The summed E-state index contributed by atoms with van der Waals surface area (Å²) in [7, 11) is -0.130. The van der Waals surface area contributed by atoms with E-state index in [1.165, 1.54) is 22.5 Å². The highest BCUT2D eigenvalue weighted by Crippen LogP contribution is 2.29. The molecule has 0 unspecified atom stereocenters. The van der Waals surface area contributed by atoms with E-state index in [0.29, 0.717) is 29.4 Å². The Balaban J connectivity index is 2.23. The van der Waals surface area contributed by atoms with Crippen LogP contribution in [0.5, 0.6) is 0 Å². The molecule has 2 rings (SSSR count). The van der Waals surface area contributed by atoms with E-state index in [-0.39, 0.29) is 10.6 Å². The standard InChI is InChI=1S/C20H25F2N3O3S2/c1-5-25(6-2)30(27,28)15-8-10-19(24(3)4)18(12-15)23-20(26)13-29-14-7-9-16(21)17(22)11-14/h7-12H,5-6,13H2,1-4H3,(H,23,26). The monoisotopic (exact) mass is 457 g/mol. The molecule has 30 heavy (non-hydrogen) atoms. The zero-order valence-electron chi connectivity index (χ0n) is 17.3. The highest BCUT2D eigenvalue weighted by atomic mass is 32.2. The van der Waals surface area contributed by atoms with Gasteiger partial charge in [0.25, 0.3) is 0 Å². The molecule has 1 N–H and O–H groups in total. The molecule has 10 heteroatoms. The maximum absolute atomic E-state index is 13.3. The first-order valence-electron chi connectivity index (χ1n) is 9.29. The van der Waals surface area contributed by atoms with Crippen LogP contribution in [0, 0.1) is 11.6 Å². The number of nitrogens with zero attached hydrogens (tertiary/aromatic N) is 2. The largest absolute Gasteiger partial charge is 0.376 e. The van der Waals surface area contributed by atoms with Crippen molar-refractivity contribution in [2.24, 2.45) is 0 Å². The van der Waals surface area contributed by atoms with Gasteiger partial charge < -0.3 is 10.2 Å². The molecule has 0 spiro atoms. The molecule has 0 saturated heterocycles. The molecule has 6 nitrogen and oxygen atoms in total. The number of hydrogen-bond acceptors (Lipinski definition) is 5. The molecule has 0 fully saturated rings. The van der Waals surface area contributed by atoms with Crippen molar-refractivity contribution in [3.05, 3.63) is 48.0 Å². The number of benzene rings is 2. The highest BCUT2D eigenvalue weighted by molar-refractivity contribution is 8.00. The topological polar surface area (TPSA) is 69.7 Å². The molecule has 0 aromatic heterocycles. The molecule has 1 amide bonds. The number of thioether (sulfide) groups is 1. The molecule has 0 bridgehead atoms. The van der Waals surface area contributed by atoms with Crippen LogP contribution in [-0.2, 0) is 14.8 Å². The van der Waals surface area contributed by atoms with E-state index < -0.39 is 27.6 Å². The summed E-state index contributed by atoms with van der Waals surface area (Å²) in [6.45, 7) is 4.18. The predicted octanol–water partition coefficient (Wildman–Crippen LogP) is 3.79. The van der Waals surface area contributed by atoms with Crippen molar-refractivity contribution < 1.29 is 22.0 Å². The van der Waals surface area contributed by atoms with E-state index in [1.54, 1.807) is 38.9 Å². The number of anilines is 2. The second kappa shape index (κ2) is 10.2. The van der Waals surface area contributed by atoms with Gasteiger partial charge >= 0.3 is 0 Å². The van der Waals surface area contributed by atoms with Crippen molar-refractivity contribution in [2.45, 2.75) is 23.6 Å². The van der Waals surface area contributed by atoms with Crippen molar-refractivity contribution >= 4 is 39.1 Å². The third kappa shape index (κ3) is 5.71. The number of sulfonamides is 1. The third-order valence-electron chi connectivity index (χ3n) is 4.33. The molecule has 0 aliphatic heterocycles. The molecule has 2 aromatic carbocycles. The Morgan fingerprint density at radius 1 is 1.03 bits per heavy atom. The molecule has 2 aromatic rings. The second-order valence-corrected chi connectivity index (χ2v) is 9.56. The molecule has 0 radical (unpaired) electrons. The van der Waals surface area contributed by atoms with E-state index in [0.717, 1.165) is 23.9 Å². The summed E-state index contributed by atoms with van der Waals surface area (Å²) in [5.41, 5.74) is 0.990. The smallest absolute Gasteiger partial charge is 0.243 e. The fraction of sp³-hybridized carbons (Fsp3) is 0.350. The average Bonchev–Trinajstić information content (AvgIpc) is 2.69. The lowest BCUT2D eigenvalue weighted by molar-refractivity contribution is -0.113. The van der Waals surface area contributed by atoms with Crippen LogP contribution in [0.15, 0.2) is 46.2 Å². The van der Waals surface area contributed by atoms with E-state index in [1.807, 2.05) is 0 Å². The van der Waals surface area contributed by atoms with Gasteiger partial charge in [-0.05, 0) is 36.4 Å². The van der Waals surface area contributed by atoms with Gasteiger partial charge in [0, 0.05) is 32.1 Å². The Hall–Kier alpha value is -2.17. The van der Waals surface area contributed by atoms with Gasteiger partial charge in [0.1, 0.15) is 0 Å². The van der Waals surface area contributed by atoms with Gasteiger partial charge in [-0.1, -0.05) is 13.8 Å². The van der Waals surface area contributed by atoms with Crippen molar-refractivity contribution in [1.29, 1.82) is 0 Å². The van der Waals surface area contributed by atoms with Crippen LogP contribution in [0.25, 0.3) is 0 Å². The van der Waals surface area contributed by atoms with Crippen LogP contribution in [0.4, 0.5) is 20.2 Å². The first kappa shape index (κ1) is 24.1. The average molecular weight is 458 g/mol. The van der Waals surface area contributed by atoms with Gasteiger partial charge in [0.15, 0.2) is 11.6 Å². The summed E-state index contributed by atoms with van der Waals surface area (Å²) in [5, 5.41) is 2.72. The summed E-state index contributed by atoms with van der Waals surface area (Å²) >= 11 is 1.05. The summed E-state index contributed by atoms with van der Waals surface area (Å²) in [6.07, 6.45) is 0. The van der Waals surface area contributed by atoms with Crippen molar-refractivity contribution in [3.63, 3.8) is 0 Å². The van der Waals surface area contributed by atoms with Crippen LogP contribution < -0.4 is 10.2 Å². The Bertz CT molecular complexity index is 1010. The fourth-order valence-electron chi connectivity index (χ4n) is 2.78. The number of carbonyl (C=O) groups excluding carboxylic acids is 1. The SMILES string of the molecule is CCN(CC)S(=O)(=O)c1ccc(N(C)C)c(NC(=O)CSc2ccc(F)c(F)c2)c1. The van der Waals surface area contributed by atoms with Gasteiger partial charge in [-0.2, -0.15) is 4.31 Å². The maximum Gasteiger partial charge on any atom is 0.243 e. The minimum atomic E-state index is -3.68. The number of hydrogen-bond donors (Lipinski definition) is 1. The number of halogens is 2. The van der Waals surface area contributed by atoms with Crippen molar-refractivity contribution in [2.75, 3.05) is 43.2 Å². The molecule has 0 heterocycles. The van der Waals surface area contributed by atoms with Crippen LogP contribution in [0.2, 0.25) is 0 Å². The van der Waals surface area contributed by atoms with Crippen LogP contribution in [0.1, 0.15) is 13.8 Å². The normalized spacial score (nSPS) is 11.6. The van der Waals surface area contributed by atoms with E-state index in [4.69, 9.17) is 0 Å². The maximum atomic E-state index is 13.3. The highest BCUT2D eigenvalue weighted by Gasteiger charge is 2.23. The molecule has 164 valence electrons. The van der Waals surface area contributed by atoms with Gasteiger partial charge in [-0.15, -0.1) is 11.8 Å². The number of carbonyl (C=O) groups is 1. The number of amides is 1. The molecule has 0 atom stereocenters. The minimum absolute atomic E-state index is 0.0506. The molecule has 0 saturated carbocycles. The quantitative estimate of drug-likeness (QED) is 0.580. The minimum Gasteiger partial charge on any atom is -0.376 e. The summed E-state index contributed by atoms with van der Waals surface area (Å²) in [6, 6.07) is 7.99. The predicted molar refractivity (Wildman–Crippen MR) is 117 cm³/mol. The first-order chi connectivity index (χ1) is 14.1. The Morgan fingerprint density at radius 3 is 2.27 bits per heavy atom. The van der Waals surface area contributed by atoms with Crippen molar-refractivity contribution in [1.82, 2.24) is 4.31 Å². The van der Waals surface area contributed by atoms with Crippen LogP contribution in [0.3, 0.4) is 0 Å². The van der Waals surface area contributed by atoms with E-state index in [2.05, 4.69) is 5.32 Å². The molecule has 0 aliphatic rings. The first-order valence-corrected chi connectivity index (χ1v) is 11.7. The van der Waals surface area contributed by atoms with Gasteiger partial charge in [0.05, 0.1) is 22.0 Å². The van der Waals surface area contributed by atoms with E-state index in [9.17, 15) is 22.0 Å². The lowest BCUT2D eigenvalue weighted by Crippen LogP contribution is -2.30. The summed E-state index contributed by atoms with van der Waals surface area (Å²) < 4.78 is 53.3. The lowest BCUT2D eigenvalue weighted by Gasteiger charge is -2.22. The third-order valence-corrected chi connectivity index (χ3v) is 7.37. The lowest BCUT2D eigenvalue weighted by atomic mass is 10.2. The Morgan fingerprint density at radius 2 is 1.70 bits per heavy atom. The second-order valence-electron chi connectivity index (χ2n) is 6.58. The molecular formula is C20H25F2N3O3S2. The molecular weight excluding hydrogens is 432 g/mol. The van der Waals surface area contributed by atoms with Crippen LogP contribution in [-0.4, -0.2) is 51.6 Å².